The molecule has 0 aromatic heterocycles. The maximum Gasteiger partial charge on any atom is 0.407 e. The molecule has 2 aromatic carbocycles. The fourth-order valence-corrected chi connectivity index (χ4v) is 6.66. The van der Waals surface area contributed by atoms with Gasteiger partial charge in [0.05, 0.1) is 30.7 Å². The van der Waals surface area contributed by atoms with Crippen molar-refractivity contribution >= 4 is 34.4 Å². The second kappa shape index (κ2) is 12.6. The molecule has 224 valence electrons. The van der Waals surface area contributed by atoms with Gasteiger partial charge in [-0.1, -0.05) is 18.2 Å². The van der Waals surface area contributed by atoms with Crippen molar-refractivity contribution in [2.75, 3.05) is 49.7 Å². The topological polar surface area (TPSA) is 134 Å². The molecule has 2 fully saturated rings. The Morgan fingerprint density at radius 1 is 1.02 bits per heavy atom. The molecule has 0 saturated carbocycles. The van der Waals surface area contributed by atoms with Gasteiger partial charge in [-0.15, -0.1) is 0 Å². The zero-order chi connectivity index (χ0) is 29.9. The number of carbonyl (C=O) groups is 3. The SMILES string of the molecule is COC(=O)c1ccc(CN(C(=O)N2CCS(O)(O)CC2)c2ccc(CN3C[C@@H](C)N(C(=O)O)[C@@H](C)C3)cc2)c(F)c1. The standard InChI is InChI=1S/C28H37FN4O7S/c1-19-15-30(16-20(2)33(19)28(36)37)17-21-4-8-24(9-5-21)32(27(35)31-10-12-41(38,39)13-11-31)18-23-7-6-22(14-25(23)29)26(34)40-3/h4-9,14,19-20,38-39H,10-13,15-18H2,1-3H3,(H,36,37)/t19-,20+. The summed E-state index contributed by atoms with van der Waals surface area (Å²) in [7, 11) is -1.50. The second-order valence-corrected chi connectivity index (χ2v) is 13.0. The van der Waals surface area contributed by atoms with Crippen LogP contribution in [0.4, 0.5) is 19.7 Å². The average molecular weight is 593 g/mol. The van der Waals surface area contributed by atoms with E-state index in [1.165, 1.54) is 33.9 Å². The summed E-state index contributed by atoms with van der Waals surface area (Å²) in [5.41, 5.74) is 1.77. The van der Waals surface area contributed by atoms with Gasteiger partial charge in [0.25, 0.3) is 0 Å². The molecule has 0 bridgehead atoms. The first-order valence-corrected chi connectivity index (χ1v) is 15.3. The lowest BCUT2D eigenvalue weighted by atomic mass is 10.1. The number of piperazine rings is 1. The molecule has 2 heterocycles. The van der Waals surface area contributed by atoms with Crippen LogP contribution >= 0.6 is 10.6 Å². The minimum Gasteiger partial charge on any atom is -0.465 e. The summed E-state index contributed by atoms with van der Waals surface area (Å²) < 4.78 is 39.7. The highest BCUT2D eigenvalue weighted by Crippen LogP contribution is 2.40. The van der Waals surface area contributed by atoms with E-state index in [9.17, 15) is 28.6 Å². The van der Waals surface area contributed by atoms with Crippen molar-refractivity contribution in [3.63, 3.8) is 0 Å². The number of carboxylic acid groups (broad SMARTS) is 1. The van der Waals surface area contributed by atoms with Crippen LogP contribution in [0.3, 0.4) is 0 Å². The van der Waals surface area contributed by atoms with E-state index in [2.05, 4.69) is 9.64 Å². The number of anilines is 1. The van der Waals surface area contributed by atoms with Crippen molar-refractivity contribution in [2.24, 2.45) is 0 Å². The summed E-state index contributed by atoms with van der Waals surface area (Å²) in [6.45, 7) is 5.79. The van der Waals surface area contributed by atoms with E-state index in [0.717, 1.165) is 11.6 Å². The number of benzene rings is 2. The van der Waals surface area contributed by atoms with E-state index in [1.807, 2.05) is 26.0 Å². The summed E-state index contributed by atoms with van der Waals surface area (Å²) in [5, 5.41) is 9.48. The zero-order valence-corrected chi connectivity index (χ0v) is 24.2. The minimum atomic E-state index is -2.71. The minimum absolute atomic E-state index is 0.0602. The second-order valence-electron chi connectivity index (χ2n) is 10.6. The fourth-order valence-electron chi connectivity index (χ4n) is 5.43. The number of ether oxygens (including phenoxy) is 1. The molecule has 2 aliphatic rings. The maximum absolute atomic E-state index is 15.0. The van der Waals surface area contributed by atoms with Crippen molar-refractivity contribution < 1.29 is 37.7 Å². The first-order chi connectivity index (χ1) is 19.4. The number of methoxy groups -OCH3 is 1. The Bertz CT molecular complexity index is 1260. The Hall–Kier alpha value is -3.39. The first-order valence-electron chi connectivity index (χ1n) is 13.4. The van der Waals surface area contributed by atoms with Gasteiger partial charge in [-0.05, 0) is 43.7 Å². The van der Waals surface area contributed by atoms with Crippen LogP contribution in [0, 0.1) is 5.82 Å². The van der Waals surface area contributed by atoms with Gasteiger partial charge in [0.1, 0.15) is 5.82 Å². The van der Waals surface area contributed by atoms with Crippen LogP contribution in [-0.2, 0) is 17.8 Å². The molecule has 41 heavy (non-hydrogen) atoms. The summed E-state index contributed by atoms with van der Waals surface area (Å²) in [6.07, 6.45) is -0.922. The predicted octanol–water partition coefficient (Wildman–Crippen LogP) is 4.38. The van der Waals surface area contributed by atoms with Gasteiger partial charge in [0.2, 0.25) is 0 Å². The van der Waals surface area contributed by atoms with Crippen molar-refractivity contribution in [3.05, 3.63) is 65.0 Å². The molecule has 2 atom stereocenters. The van der Waals surface area contributed by atoms with Gasteiger partial charge in [0, 0.05) is 56.1 Å². The maximum atomic E-state index is 15.0. The van der Waals surface area contributed by atoms with Crippen molar-refractivity contribution in [2.45, 2.75) is 39.0 Å². The van der Waals surface area contributed by atoms with Crippen LogP contribution in [-0.4, -0.2) is 104 Å². The molecule has 4 rings (SSSR count). The molecule has 2 aromatic rings. The number of amides is 3. The lowest BCUT2D eigenvalue weighted by molar-refractivity contribution is 0.0380. The van der Waals surface area contributed by atoms with Crippen LogP contribution in [0.25, 0.3) is 0 Å². The fraction of sp³-hybridized carbons (Fsp3) is 0.464. The number of carbonyl (C=O) groups excluding carboxylic acids is 2. The largest absolute Gasteiger partial charge is 0.465 e. The Morgan fingerprint density at radius 2 is 1.63 bits per heavy atom. The quantitative estimate of drug-likeness (QED) is 0.421. The van der Waals surface area contributed by atoms with E-state index in [4.69, 9.17) is 0 Å². The number of halogens is 1. The molecule has 0 spiro atoms. The van der Waals surface area contributed by atoms with E-state index in [0.29, 0.717) is 25.3 Å². The molecule has 0 unspecified atom stereocenters. The van der Waals surface area contributed by atoms with E-state index in [1.54, 1.807) is 12.1 Å². The number of nitrogens with zero attached hydrogens (tertiary/aromatic N) is 4. The number of hydrogen-bond acceptors (Lipinski definition) is 7. The summed E-state index contributed by atoms with van der Waals surface area (Å²) in [4.78, 5) is 43.6. The molecular weight excluding hydrogens is 555 g/mol. The Morgan fingerprint density at radius 3 is 2.17 bits per heavy atom. The predicted molar refractivity (Wildman–Crippen MR) is 154 cm³/mol. The Kier molecular flexibility index (Phi) is 9.42. The molecule has 11 nitrogen and oxygen atoms in total. The van der Waals surface area contributed by atoms with E-state index < -0.39 is 34.5 Å². The van der Waals surface area contributed by atoms with Crippen molar-refractivity contribution in [1.82, 2.24) is 14.7 Å². The van der Waals surface area contributed by atoms with Crippen LogP contribution in [0.2, 0.25) is 0 Å². The third-order valence-electron chi connectivity index (χ3n) is 7.55. The molecule has 2 saturated heterocycles. The van der Waals surface area contributed by atoms with E-state index in [-0.39, 0.29) is 54.4 Å². The smallest absolute Gasteiger partial charge is 0.407 e. The van der Waals surface area contributed by atoms with Crippen LogP contribution < -0.4 is 4.90 Å². The molecule has 0 radical (unpaired) electrons. The molecule has 3 N–H and O–H groups in total. The zero-order valence-electron chi connectivity index (χ0n) is 23.4. The highest BCUT2D eigenvalue weighted by molar-refractivity contribution is 8.24. The van der Waals surface area contributed by atoms with Crippen molar-refractivity contribution in [1.29, 1.82) is 0 Å². The summed E-state index contributed by atoms with van der Waals surface area (Å²) in [5.74, 6) is -1.15. The van der Waals surface area contributed by atoms with Crippen LogP contribution in [0.15, 0.2) is 42.5 Å². The van der Waals surface area contributed by atoms with Gasteiger partial charge in [-0.2, -0.15) is 10.6 Å². The summed E-state index contributed by atoms with van der Waals surface area (Å²) >= 11 is 0. The molecule has 3 amide bonds. The van der Waals surface area contributed by atoms with Gasteiger partial charge < -0.3 is 19.6 Å². The third kappa shape index (κ3) is 7.28. The summed E-state index contributed by atoms with van der Waals surface area (Å²) in [6, 6.07) is 10.6. The Balaban J connectivity index is 1.54. The van der Waals surface area contributed by atoms with Gasteiger partial charge in [-0.25, -0.2) is 18.8 Å². The highest BCUT2D eigenvalue weighted by atomic mass is 32.3. The van der Waals surface area contributed by atoms with Gasteiger partial charge in [-0.3, -0.25) is 18.9 Å². The first kappa shape index (κ1) is 30.6. The lowest BCUT2D eigenvalue weighted by Gasteiger charge is -2.43. The number of hydrogen-bond donors (Lipinski definition) is 3. The number of esters is 1. The van der Waals surface area contributed by atoms with Gasteiger partial charge >= 0.3 is 18.1 Å². The Labute approximate surface area is 240 Å². The number of rotatable bonds is 6. The van der Waals surface area contributed by atoms with E-state index >= 15 is 4.39 Å². The van der Waals surface area contributed by atoms with Crippen LogP contribution in [0.5, 0.6) is 0 Å². The monoisotopic (exact) mass is 592 g/mol. The van der Waals surface area contributed by atoms with Crippen molar-refractivity contribution in [3.8, 4) is 0 Å². The lowest BCUT2D eigenvalue weighted by Crippen LogP contribution is -2.57. The molecule has 2 aliphatic heterocycles. The average Bonchev–Trinajstić information content (AvgIpc) is 2.91. The molecule has 0 aliphatic carbocycles. The molecule has 13 heteroatoms. The number of urea groups is 1. The highest BCUT2D eigenvalue weighted by Gasteiger charge is 2.33. The normalized spacial score (nSPS) is 21.7. The third-order valence-corrected chi connectivity index (χ3v) is 9.22. The van der Waals surface area contributed by atoms with Gasteiger partial charge in [0.15, 0.2) is 0 Å². The van der Waals surface area contributed by atoms with Crippen LogP contribution in [0.1, 0.15) is 35.3 Å². The molecular formula is C28H37FN4O7S.